The summed E-state index contributed by atoms with van der Waals surface area (Å²) in [5.74, 6) is 0.783. The van der Waals surface area contributed by atoms with Crippen molar-refractivity contribution in [3.63, 3.8) is 0 Å². The predicted molar refractivity (Wildman–Crippen MR) is 121 cm³/mol. The third-order valence-electron chi connectivity index (χ3n) is 5.87. The molecule has 2 aromatic heterocycles. The van der Waals surface area contributed by atoms with Gasteiger partial charge in [0.25, 0.3) is 5.56 Å². The maximum absolute atomic E-state index is 13.8. The Balaban J connectivity index is 1.73. The number of hydrogen-bond acceptors (Lipinski definition) is 3. The van der Waals surface area contributed by atoms with Gasteiger partial charge in [0, 0.05) is 16.5 Å². The highest BCUT2D eigenvalue weighted by molar-refractivity contribution is 7.18. The second kappa shape index (κ2) is 7.60. The fourth-order valence-electron chi connectivity index (χ4n) is 4.46. The predicted octanol–water partition coefficient (Wildman–Crippen LogP) is 5.81. The van der Waals surface area contributed by atoms with Crippen molar-refractivity contribution in [3.8, 4) is 11.4 Å². The molecule has 1 unspecified atom stereocenters. The Morgan fingerprint density at radius 2 is 1.69 bits per heavy atom. The SMILES string of the molecule is CC(Cc1ccccc1)n1c(-c2ccccc2)nc2sc3c(c2c1=O)CCCC3. The maximum Gasteiger partial charge on any atom is 0.263 e. The zero-order chi connectivity index (χ0) is 19.8. The van der Waals surface area contributed by atoms with E-state index in [1.165, 1.54) is 22.4 Å². The minimum Gasteiger partial charge on any atom is -0.289 e. The molecule has 0 bridgehead atoms. The van der Waals surface area contributed by atoms with Gasteiger partial charge in [-0.15, -0.1) is 11.3 Å². The normalized spacial score (nSPS) is 14.7. The van der Waals surface area contributed by atoms with Crippen LogP contribution >= 0.6 is 11.3 Å². The molecule has 2 aromatic carbocycles. The molecule has 0 aliphatic heterocycles. The van der Waals surface area contributed by atoms with E-state index in [2.05, 4.69) is 31.2 Å². The largest absolute Gasteiger partial charge is 0.289 e. The number of aromatic nitrogens is 2. The molecule has 0 fully saturated rings. The number of rotatable bonds is 4. The van der Waals surface area contributed by atoms with Crippen LogP contribution in [0.3, 0.4) is 0 Å². The van der Waals surface area contributed by atoms with E-state index < -0.39 is 0 Å². The Morgan fingerprint density at radius 1 is 1.00 bits per heavy atom. The van der Waals surface area contributed by atoms with E-state index in [-0.39, 0.29) is 11.6 Å². The maximum atomic E-state index is 13.8. The van der Waals surface area contributed by atoms with Crippen LogP contribution in [0.5, 0.6) is 0 Å². The summed E-state index contributed by atoms with van der Waals surface area (Å²) in [5, 5.41) is 0.865. The number of hydrogen-bond donors (Lipinski definition) is 0. The minimum atomic E-state index is 0.0242. The van der Waals surface area contributed by atoms with Gasteiger partial charge in [0.1, 0.15) is 10.7 Å². The molecule has 4 heteroatoms. The lowest BCUT2D eigenvalue weighted by molar-refractivity contribution is 0.530. The summed E-state index contributed by atoms with van der Waals surface area (Å²) < 4.78 is 1.94. The monoisotopic (exact) mass is 400 g/mol. The topological polar surface area (TPSA) is 34.9 Å². The lowest BCUT2D eigenvalue weighted by Crippen LogP contribution is -2.27. The summed E-state index contributed by atoms with van der Waals surface area (Å²) in [5.41, 5.74) is 3.61. The molecule has 1 aliphatic carbocycles. The molecule has 3 nitrogen and oxygen atoms in total. The molecule has 0 N–H and O–H groups in total. The summed E-state index contributed by atoms with van der Waals surface area (Å²) in [6.07, 6.45) is 5.27. The van der Waals surface area contributed by atoms with Crippen molar-refractivity contribution >= 4 is 21.6 Å². The first kappa shape index (κ1) is 18.3. The fraction of sp³-hybridized carbons (Fsp3) is 0.280. The minimum absolute atomic E-state index is 0.0242. The zero-order valence-corrected chi connectivity index (χ0v) is 17.4. The molecule has 0 spiro atoms. The molecule has 2 heterocycles. The van der Waals surface area contributed by atoms with Crippen molar-refractivity contribution in [2.75, 3.05) is 0 Å². The Labute approximate surface area is 174 Å². The average molecular weight is 401 g/mol. The van der Waals surface area contributed by atoms with Gasteiger partial charge in [0.2, 0.25) is 0 Å². The van der Waals surface area contributed by atoms with Crippen LogP contribution in [0.4, 0.5) is 0 Å². The second-order valence-electron chi connectivity index (χ2n) is 7.91. The first-order chi connectivity index (χ1) is 14.2. The van der Waals surface area contributed by atoms with Gasteiger partial charge in [0.05, 0.1) is 5.39 Å². The van der Waals surface area contributed by atoms with E-state index in [0.717, 1.165) is 47.3 Å². The van der Waals surface area contributed by atoms with Crippen LogP contribution in [0.1, 0.15) is 41.8 Å². The van der Waals surface area contributed by atoms with Crippen molar-refractivity contribution in [2.24, 2.45) is 0 Å². The van der Waals surface area contributed by atoms with Crippen LogP contribution in [0.25, 0.3) is 21.6 Å². The molecule has 5 rings (SSSR count). The first-order valence-corrected chi connectivity index (χ1v) is 11.2. The molecule has 0 saturated heterocycles. The van der Waals surface area contributed by atoms with E-state index in [4.69, 9.17) is 4.98 Å². The van der Waals surface area contributed by atoms with Crippen LogP contribution in [0, 0.1) is 0 Å². The lowest BCUT2D eigenvalue weighted by atomic mass is 9.97. The second-order valence-corrected chi connectivity index (χ2v) is 8.99. The van der Waals surface area contributed by atoms with Gasteiger partial charge >= 0.3 is 0 Å². The Hall–Kier alpha value is -2.72. The molecule has 0 radical (unpaired) electrons. The highest BCUT2D eigenvalue weighted by atomic mass is 32.1. The fourth-order valence-corrected chi connectivity index (χ4v) is 5.72. The van der Waals surface area contributed by atoms with E-state index in [1.807, 2.05) is 41.0 Å². The average Bonchev–Trinajstić information content (AvgIpc) is 3.13. The van der Waals surface area contributed by atoms with Gasteiger partial charge in [-0.1, -0.05) is 60.7 Å². The molecule has 0 amide bonds. The molecular formula is C25H24N2OS. The van der Waals surface area contributed by atoms with Gasteiger partial charge in [-0.05, 0) is 50.2 Å². The van der Waals surface area contributed by atoms with Crippen LogP contribution in [-0.2, 0) is 19.3 Å². The smallest absolute Gasteiger partial charge is 0.263 e. The van der Waals surface area contributed by atoms with Crippen LogP contribution in [0.2, 0.25) is 0 Å². The molecular weight excluding hydrogens is 376 g/mol. The van der Waals surface area contributed by atoms with Crippen LogP contribution in [-0.4, -0.2) is 9.55 Å². The van der Waals surface area contributed by atoms with E-state index >= 15 is 0 Å². The Kier molecular flexibility index (Phi) is 4.80. The third kappa shape index (κ3) is 3.32. The first-order valence-electron chi connectivity index (χ1n) is 10.4. The van der Waals surface area contributed by atoms with Crippen molar-refractivity contribution < 1.29 is 0 Å². The Bertz CT molecular complexity index is 1210. The molecule has 146 valence electrons. The zero-order valence-electron chi connectivity index (χ0n) is 16.6. The van der Waals surface area contributed by atoms with E-state index in [9.17, 15) is 4.79 Å². The highest BCUT2D eigenvalue weighted by Gasteiger charge is 2.24. The van der Waals surface area contributed by atoms with Gasteiger partial charge in [-0.25, -0.2) is 4.98 Å². The molecule has 1 aliphatic rings. The van der Waals surface area contributed by atoms with Crippen LogP contribution in [0.15, 0.2) is 65.5 Å². The summed E-state index contributed by atoms with van der Waals surface area (Å²) >= 11 is 1.72. The van der Waals surface area contributed by atoms with Crippen molar-refractivity contribution in [1.82, 2.24) is 9.55 Å². The molecule has 4 aromatic rings. The summed E-state index contributed by atoms with van der Waals surface area (Å²) in [6, 6.07) is 20.5. The van der Waals surface area contributed by atoms with E-state index in [1.54, 1.807) is 11.3 Å². The van der Waals surface area contributed by atoms with Crippen LogP contribution < -0.4 is 5.56 Å². The van der Waals surface area contributed by atoms with E-state index in [0.29, 0.717) is 0 Å². The van der Waals surface area contributed by atoms with Gasteiger partial charge in [-0.2, -0.15) is 0 Å². The summed E-state index contributed by atoms with van der Waals surface area (Å²) in [6.45, 7) is 2.13. The number of nitrogens with zero attached hydrogens (tertiary/aromatic N) is 2. The van der Waals surface area contributed by atoms with Crippen molar-refractivity contribution in [1.29, 1.82) is 0 Å². The number of fused-ring (bicyclic) bond motifs is 3. The molecule has 1 atom stereocenters. The quantitative estimate of drug-likeness (QED) is 0.433. The lowest BCUT2D eigenvalue weighted by Gasteiger charge is -2.20. The Morgan fingerprint density at radius 3 is 2.45 bits per heavy atom. The summed E-state index contributed by atoms with van der Waals surface area (Å²) in [4.78, 5) is 21.1. The van der Waals surface area contributed by atoms with Gasteiger partial charge < -0.3 is 0 Å². The standard InChI is InChI=1S/C25H24N2OS/c1-17(16-18-10-4-2-5-11-18)27-23(19-12-6-3-7-13-19)26-24-22(25(27)28)20-14-8-9-15-21(20)29-24/h2-7,10-13,17H,8-9,14-16H2,1H3. The van der Waals surface area contributed by atoms with Crippen molar-refractivity contribution in [2.45, 2.75) is 45.1 Å². The number of aryl methyl sites for hydroxylation is 2. The molecule has 29 heavy (non-hydrogen) atoms. The van der Waals surface area contributed by atoms with Crippen molar-refractivity contribution in [3.05, 3.63) is 87.0 Å². The third-order valence-corrected chi connectivity index (χ3v) is 7.05. The summed E-state index contributed by atoms with van der Waals surface area (Å²) in [7, 11) is 0. The number of benzene rings is 2. The highest BCUT2D eigenvalue weighted by Crippen LogP contribution is 2.35. The van der Waals surface area contributed by atoms with Gasteiger partial charge in [-0.3, -0.25) is 9.36 Å². The molecule has 0 saturated carbocycles. The van der Waals surface area contributed by atoms with Gasteiger partial charge in [0.15, 0.2) is 0 Å². The number of thiophene rings is 1.